The van der Waals surface area contributed by atoms with Crippen LogP contribution in [0.5, 0.6) is 0 Å². The van der Waals surface area contributed by atoms with Crippen molar-refractivity contribution in [2.45, 2.75) is 71.5 Å². The molecule has 2 atom stereocenters. The molecule has 0 saturated heterocycles. The number of pyridine rings is 1. The van der Waals surface area contributed by atoms with Gasteiger partial charge in [-0.15, -0.1) is 0 Å². The van der Waals surface area contributed by atoms with Gasteiger partial charge >= 0.3 is 0 Å². The molecule has 1 amide bonds. The molecule has 0 aliphatic carbocycles. The highest BCUT2D eigenvalue weighted by atomic mass is 19.2. The number of hydrogen-bond donors (Lipinski definition) is 3. The minimum absolute atomic E-state index is 0. The van der Waals surface area contributed by atoms with Gasteiger partial charge in [-0.2, -0.15) is 0 Å². The summed E-state index contributed by atoms with van der Waals surface area (Å²) in [5.74, 6) is -2.01. The molecule has 4 rings (SSSR count). The van der Waals surface area contributed by atoms with Crippen molar-refractivity contribution in [3.05, 3.63) is 107 Å². The van der Waals surface area contributed by atoms with Gasteiger partial charge in [0.1, 0.15) is 5.82 Å². The maximum Gasteiger partial charge on any atom is 0.237 e. The Labute approximate surface area is 246 Å². The van der Waals surface area contributed by atoms with E-state index in [2.05, 4.69) is 15.6 Å². The van der Waals surface area contributed by atoms with Crippen LogP contribution in [-0.4, -0.2) is 34.8 Å². The van der Waals surface area contributed by atoms with Gasteiger partial charge in [0.15, 0.2) is 17.4 Å². The minimum atomic E-state index is -0.993. The van der Waals surface area contributed by atoms with E-state index in [-0.39, 0.29) is 38.0 Å². The van der Waals surface area contributed by atoms with Gasteiger partial charge in [-0.25, -0.2) is 13.8 Å². The molecule has 222 valence electrons. The first-order chi connectivity index (χ1) is 19.7. The zero-order valence-corrected chi connectivity index (χ0v) is 23.4. The number of rotatable bonds is 13. The van der Waals surface area contributed by atoms with Gasteiger partial charge in [0.25, 0.3) is 0 Å². The number of nitrogen functional groups attached to an aromatic ring is 1. The standard InChI is InChI=1S/C33H36F2N4O2.CH4/c1-21(2)38-29(14-10-22-6-4-3-5-7-22)33(41)39-30(20-24-9-13-27(34)28(35)19-24)31(40)15-11-23-8-12-26-25(18-23)16-17-37-32(26)36;/h3-9,12-13,16-19,21,29-30,38H,10-11,14-15,20H2,1-2H3,(H2,36,37)(H,39,41);1H4/t29-,30+;/m1./s1. The van der Waals surface area contributed by atoms with Crippen LogP contribution in [0, 0.1) is 11.6 Å². The van der Waals surface area contributed by atoms with Crippen LogP contribution >= 0.6 is 0 Å². The van der Waals surface area contributed by atoms with E-state index in [1.807, 2.05) is 68.4 Å². The predicted octanol–water partition coefficient (Wildman–Crippen LogP) is 5.96. The molecular weight excluding hydrogens is 534 g/mol. The molecule has 4 aromatic rings. The van der Waals surface area contributed by atoms with E-state index in [1.165, 1.54) is 6.07 Å². The number of anilines is 1. The third-order valence-electron chi connectivity index (χ3n) is 7.06. The number of nitrogens with two attached hydrogens (primary N) is 1. The fourth-order valence-electron chi connectivity index (χ4n) is 4.92. The summed E-state index contributed by atoms with van der Waals surface area (Å²) < 4.78 is 27.6. The lowest BCUT2D eigenvalue weighted by molar-refractivity contribution is -0.129. The molecule has 0 spiro atoms. The van der Waals surface area contributed by atoms with Crippen molar-refractivity contribution in [1.82, 2.24) is 15.6 Å². The number of hydrogen-bond acceptors (Lipinski definition) is 5. The Morgan fingerprint density at radius 2 is 1.60 bits per heavy atom. The molecule has 42 heavy (non-hydrogen) atoms. The lowest BCUT2D eigenvalue weighted by Gasteiger charge is -2.25. The second-order valence-corrected chi connectivity index (χ2v) is 10.6. The topological polar surface area (TPSA) is 97.1 Å². The van der Waals surface area contributed by atoms with Crippen LogP contribution < -0.4 is 16.4 Å². The number of aryl methyl sites for hydroxylation is 2. The molecule has 0 fully saturated rings. The second kappa shape index (κ2) is 15.2. The van der Waals surface area contributed by atoms with Crippen LogP contribution in [0.15, 0.2) is 79.0 Å². The number of carbonyl (C=O) groups excluding carboxylic acids is 2. The van der Waals surface area contributed by atoms with E-state index >= 15 is 0 Å². The Morgan fingerprint density at radius 3 is 2.31 bits per heavy atom. The van der Waals surface area contributed by atoms with Crippen LogP contribution in [0.1, 0.15) is 50.8 Å². The summed E-state index contributed by atoms with van der Waals surface area (Å²) >= 11 is 0. The Balaban J connectivity index is 0.00000484. The first kappa shape index (κ1) is 32.3. The van der Waals surface area contributed by atoms with Crippen LogP contribution in [0.3, 0.4) is 0 Å². The quantitative estimate of drug-likeness (QED) is 0.183. The monoisotopic (exact) mass is 574 g/mol. The average molecular weight is 575 g/mol. The highest BCUT2D eigenvalue weighted by Crippen LogP contribution is 2.21. The van der Waals surface area contributed by atoms with E-state index in [0.717, 1.165) is 34.0 Å². The van der Waals surface area contributed by atoms with Crippen molar-refractivity contribution >= 4 is 28.3 Å². The Hall–Kier alpha value is -4.17. The zero-order valence-electron chi connectivity index (χ0n) is 23.4. The minimum Gasteiger partial charge on any atom is -0.383 e. The van der Waals surface area contributed by atoms with Crippen molar-refractivity contribution in [2.24, 2.45) is 0 Å². The molecule has 0 aliphatic heterocycles. The molecule has 8 heteroatoms. The molecule has 0 saturated carbocycles. The number of aromatic nitrogens is 1. The van der Waals surface area contributed by atoms with Gasteiger partial charge in [-0.3, -0.25) is 9.59 Å². The van der Waals surface area contributed by atoms with Gasteiger partial charge in [0.05, 0.1) is 12.1 Å². The summed E-state index contributed by atoms with van der Waals surface area (Å²) in [4.78, 5) is 31.1. The fraction of sp³-hybridized carbons (Fsp3) is 0.324. The first-order valence-electron chi connectivity index (χ1n) is 13.9. The zero-order chi connectivity index (χ0) is 29.4. The fourth-order valence-corrected chi connectivity index (χ4v) is 4.92. The third-order valence-corrected chi connectivity index (χ3v) is 7.06. The predicted molar refractivity (Wildman–Crippen MR) is 165 cm³/mol. The number of ketones is 1. The number of nitrogens with one attached hydrogen (secondary N) is 2. The van der Waals surface area contributed by atoms with E-state index in [1.54, 1.807) is 6.20 Å². The molecule has 0 unspecified atom stereocenters. The lowest BCUT2D eigenvalue weighted by atomic mass is 9.96. The summed E-state index contributed by atoms with van der Waals surface area (Å²) in [7, 11) is 0. The molecule has 1 heterocycles. The molecule has 6 nitrogen and oxygen atoms in total. The first-order valence-corrected chi connectivity index (χ1v) is 13.9. The maximum absolute atomic E-state index is 14.0. The third kappa shape index (κ3) is 8.91. The number of amides is 1. The largest absolute Gasteiger partial charge is 0.383 e. The summed E-state index contributed by atoms with van der Waals surface area (Å²) in [6.07, 6.45) is 3.52. The number of carbonyl (C=O) groups is 2. The number of fused-ring (bicyclic) bond motifs is 1. The molecule has 0 aliphatic rings. The molecule has 3 aromatic carbocycles. The van der Waals surface area contributed by atoms with Crippen LogP contribution in [0.25, 0.3) is 10.8 Å². The summed E-state index contributed by atoms with van der Waals surface area (Å²) in [6, 6.07) is 19.6. The van der Waals surface area contributed by atoms with Gasteiger partial charge in [0.2, 0.25) is 5.91 Å². The second-order valence-electron chi connectivity index (χ2n) is 10.6. The van der Waals surface area contributed by atoms with Crippen molar-refractivity contribution in [3.8, 4) is 0 Å². The highest BCUT2D eigenvalue weighted by Gasteiger charge is 2.26. The average Bonchev–Trinajstić information content (AvgIpc) is 2.96. The Bertz CT molecular complexity index is 1490. The van der Waals surface area contributed by atoms with Gasteiger partial charge in [-0.05, 0) is 66.0 Å². The van der Waals surface area contributed by atoms with E-state index in [0.29, 0.717) is 30.6 Å². The van der Waals surface area contributed by atoms with E-state index in [9.17, 15) is 18.4 Å². The molecule has 1 aromatic heterocycles. The number of nitrogens with zero attached hydrogens (tertiary/aromatic N) is 1. The van der Waals surface area contributed by atoms with Crippen LogP contribution in [0.4, 0.5) is 14.6 Å². The van der Waals surface area contributed by atoms with E-state index < -0.39 is 23.7 Å². The van der Waals surface area contributed by atoms with E-state index in [4.69, 9.17) is 5.73 Å². The smallest absolute Gasteiger partial charge is 0.237 e. The lowest BCUT2D eigenvalue weighted by Crippen LogP contribution is -2.52. The van der Waals surface area contributed by atoms with Gasteiger partial charge in [0, 0.05) is 24.0 Å². The summed E-state index contributed by atoms with van der Waals surface area (Å²) in [5.41, 5.74) is 8.43. The van der Waals surface area contributed by atoms with Crippen molar-refractivity contribution in [3.63, 3.8) is 0 Å². The van der Waals surface area contributed by atoms with Crippen molar-refractivity contribution < 1.29 is 18.4 Å². The van der Waals surface area contributed by atoms with Crippen molar-refractivity contribution in [2.75, 3.05) is 5.73 Å². The summed E-state index contributed by atoms with van der Waals surface area (Å²) in [6.45, 7) is 3.92. The number of Topliss-reactive ketones (excluding diaryl/α,β-unsaturated/α-hetero) is 1. The van der Waals surface area contributed by atoms with Crippen LogP contribution in [0.2, 0.25) is 0 Å². The SMILES string of the molecule is C.CC(C)N[C@H](CCc1ccccc1)C(=O)N[C@@H](Cc1ccc(F)c(F)c1)C(=O)CCc1ccc2c(N)nccc2c1. The Kier molecular flexibility index (Phi) is 11.7. The molecule has 4 N–H and O–H groups in total. The van der Waals surface area contributed by atoms with Gasteiger partial charge < -0.3 is 16.4 Å². The Morgan fingerprint density at radius 1 is 0.857 bits per heavy atom. The highest BCUT2D eigenvalue weighted by molar-refractivity contribution is 5.92. The molecule has 0 bridgehead atoms. The van der Waals surface area contributed by atoms with Crippen LogP contribution in [-0.2, 0) is 28.9 Å². The number of benzene rings is 3. The number of halogens is 2. The maximum atomic E-state index is 14.0. The molecular formula is C34H40F2N4O2. The summed E-state index contributed by atoms with van der Waals surface area (Å²) in [5, 5.41) is 7.99. The molecule has 0 radical (unpaired) electrons. The van der Waals surface area contributed by atoms with Gasteiger partial charge in [-0.1, -0.05) is 75.9 Å². The normalized spacial score (nSPS) is 12.5. The van der Waals surface area contributed by atoms with Crippen molar-refractivity contribution in [1.29, 1.82) is 0 Å².